The number of hydrogen-bond acceptors (Lipinski definition) is 6. The van der Waals surface area contributed by atoms with E-state index in [1.807, 2.05) is 30.5 Å². The van der Waals surface area contributed by atoms with E-state index in [1.54, 1.807) is 0 Å². The van der Waals surface area contributed by atoms with Crippen LogP contribution in [0.1, 0.15) is 44.6 Å². The number of fused-ring (bicyclic) bond motifs is 1. The molecule has 4 unspecified atom stereocenters. The largest absolute Gasteiger partial charge is 0.480 e. The molecule has 0 saturated carbocycles. The molecule has 1 aromatic carbocycles. The van der Waals surface area contributed by atoms with Gasteiger partial charge in [-0.25, -0.2) is 4.79 Å². The van der Waals surface area contributed by atoms with Crippen LogP contribution in [0.25, 0.3) is 10.9 Å². The Morgan fingerprint density at radius 1 is 1.19 bits per heavy atom. The molecule has 1 aliphatic heterocycles. The summed E-state index contributed by atoms with van der Waals surface area (Å²) in [5.41, 5.74) is 13.6. The summed E-state index contributed by atoms with van der Waals surface area (Å²) in [4.78, 5) is 54.7. The number of rotatable bonds is 12. The number of H-pyrrole nitrogens is 1. The van der Waals surface area contributed by atoms with Crippen LogP contribution >= 0.6 is 0 Å². The monoisotopic (exact) mass is 500 g/mol. The number of nitrogens with zero attached hydrogens (tertiary/aromatic N) is 1. The lowest BCUT2D eigenvalue weighted by Crippen LogP contribution is -2.56. The molecule has 2 aromatic rings. The van der Waals surface area contributed by atoms with E-state index >= 15 is 0 Å². The van der Waals surface area contributed by atoms with Crippen LogP contribution < -0.4 is 22.1 Å². The topological polar surface area (TPSA) is 184 Å². The zero-order valence-electron chi connectivity index (χ0n) is 20.5. The number of nitrogens with one attached hydrogen (secondary N) is 3. The second kappa shape index (κ2) is 12.5. The highest BCUT2D eigenvalue weighted by Crippen LogP contribution is 2.22. The van der Waals surface area contributed by atoms with Crippen LogP contribution in [0.2, 0.25) is 0 Å². The molecule has 0 spiro atoms. The molecule has 0 radical (unpaired) electrons. The summed E-state index contributed by atoms with van der Waals surface area (Å²) in [5.74, 6) is -2.52. The van der Waals surface area contributed by atoms with Gasteiger partial charge in [0, 0.05) is 23.6 Å². The molecule has 3 rings (SSSR count). The Hall–Kier alpha value is -3.44. The van der Waals surface area contributed by atoms with Gasteiger partial charge in [-0.15, -0.1) is 0 Å². The van der Waals surface area contributed by atoms with E-state index in [1.165, 1.54) is 11.8 Å². The number of unbranched alkanes of at least 4 members (excludes halogenated alkanes) is 1. The fraction of sp³-hybridized carbons (Fsp3) is 0.520. The van der Waals surface area contributed by atoms with Crippen LogP contribution in [0.4, 0.5) is 0 Å². The lowest BCUT2D eigenvalue weighted by molar-refractivity contribution is -0.143. The van der Waals surface area contributed by atoms with Crippen LogP contribution in [0.15, 0.2) is 30.5 Å². The third kappa shape index (κ3) is 6.61. The minimum Gasteiger partial charge on any atom is -0.480 e. The van der Waals surface area contributed by atoms with Gasteiger partial charge in [-0.3, -0.25) is 14.4 Å². The minimum absolute atomic E-state index is 0.248. The summed E-state index contributed by atoms with van der Waals surface area (Å²) < 4.78 is 0. The molecule has 2 heterocycles. The molecule has 1 fully saturated rings. The van der Waals surface area contributed by atoms with Gasteiger partial charge in [0.05, 0.1) is 6.04 Å². The van der Waals surface area contributed by atoms with E-state index in [4.69, 9.17) is 11.5 Å². The first kappa shape index (κ1) is 27.2. The van der Waals surface area contributed by atoms with E-state index < -0.39 is 42.0 Å². The number of amides is 3. The zero-order valence-corrected chi connectivity index (χ0v) is 20.5. The third-order valence-electron chi connectivity index (χ3n) is 6.58. The maximum Gasteiger partial charge on any atom is 0.326 e. The van der Waals surface area contributed by atoms with E-state index in [-0.39, 0.29) is 12.3 Å². The molecular weight excluding hydrogens is 464 g/mol. The Bertz CT molecular complexity index is 1090. The fourth-order valence-electron chi connectivity index (χ4n) is 4.56. The highest BCUT2D eigenvalue weighted by Gasteiger charge is 2.37. The highest BCUT2D eigenvalue weighted by atomic mass is 16.4. The Morgan fingerprint density at radius 2 is 1.94 bits per heavy atom. The summed E-state index contributed by atoms with van der Waals surface area (Å²) >= 11 is 0. The van der Waals surface area contributed by atoms with Crippen molar-refractivity contribution in [1.82, 2.24) is 20.5 Å². The van der Waals surface area contributed by atoms with E-state index in [9.17, 15) is 24.3 Å². The summed E-state index contributed by atoms with van der Waals surface area (Å²) in [6.45, 7) is 2.33. The van der Waals surface area contributed by atoms with Gasteiger partial charge < -0.3 is 37.1 Å². The van der Waals surface area contributed by atoms with Gasteiger partial charge in [0.25, 0.3) is 0 Å². The number of aliphatic carboxylic acids is 1. The summed E-state index contributed by atoms with van der Waals surface area (Å²) in [6.07, 6.45) is 4.74. The summed E-state index contributed by atoms with van der Waals surface area (Å²) in [6, 6.07) is 4.18. The normalized spacial score (nSPS) is 18.0. The molecule has 1 aliphatic rings. The number of para-hydroxylation sites is 1. The molecular formula is C25H36N6O5. The summed E-state index contributed by atoms with van der Waals surface area (Å²) in [5, 5.41) is 15.5. The number of likely N-dealkylation sites (tertiary alicyclic amines) is 1. The highest BCUT2D eigenvalue weighted by molar-refractivity contribution is 5.94. The summed E-state index contributed by atoms with van der Waals surface area (Å²) in [7, 11) is 0. The molecule has 3 amide bonds. The first-order valence-electron chi connectivity index (χ1n) is 12.4. The van der Waals surface area contributed by atoms with Crippen molar-refractivity contribution in [2.45, 2.75) is 69.6 Å². The maximum atomic E-state index is 13.1. The second-order valence-corrected chi connectivity index (χ2v) is 9.27. The van der Waals surface area contributed by atoms with Crippen molar-refractivity contribution >= 4 is 34.6 Å². The number of carbonyl (C=O) groups excluding carboxylic acids is 3. The lowest BCUT2D eigenvalue weighted by atomic mass is 10.0. The van der Waals surface area contributed by atoms with Crippen LogP contribution in [-0.2, 0) is 25.6 Å². The number of nitrogens with two attached hydrogens (primary N) is 2. The smallest absolute Gasteiger partial charge is 0.326 e. The van der Waals surface area contributed by atoms with Crippen LogP contribution in [-0.4, -0.2) is 75.9 Å². The minimum atomic E-state index is -1.14. The Kier molecular flexibility index (Phi) is 9.43. The van der Waals surface area contributed by atoms with Gasteiger partial charge >= 0.3 is 5.97 Å². The number of benzene rings is 1. The number of aromatic amines is 1. The number of carboxylic acids is 1. The van der Waals surface area contributed by atoms with Gasteiger partial charge in [-0.1, -0.05) is 18.2 Å². The van der Waals surface area contributed by atoms with Gasteiger partial charge in [0.15, 0.2) is 0 Å². The van der Waals surface area contributed by atoms with Crippen molar-refractivity contribution in [3.8, 4) is 0 Å². The second-order valence-electron chi connectivity index (χ2n) is 9.27. The molecule has 36 heavy (non-hydrogen) atoms. The fourth-order valence-corrected chi connectivity index (χ4v) is 4.56. The van der Waals surface area contributed by atoms with Crippen molar-refractivity contribution in [2.24, 2.45) is 11.5 Å². The molecule has 0 aliphatic carbocycles. The molecule has 8 N–H and O–H groups in total. The van der Waals surface area contributed by atoms with Crippen molar-refractivity contribution in [3.05, 3.63) is 36.0 Å². The molecule has 11 nitrogen and oxygen atoms in total. The molecule has 1 aromatic heterocycles. The third-order valence-corrected chi connectivity index (χ3v) is 6.58. The van der Waals surface area contributed by atoms with Gasteiger partial charge in [-0.05, 0) is 63.6 Å². The van der Waals surface area contributed by atoms with Crippen molar-refractivity contribution < 1.29 is 24.3 Å². The SMILES string of the molecule is CC(NC(=O)C1CCCN1C(=O)C(N)Cc1c[nH]c2ccccc12)C(=O)NC(CCCCN)C(=O)O. The molecule has 4 atom stereocenters. The molecule has 1 saturated heterocycles. The number of aromatic nitrogens is 1. The number of hydrogen-bond donors (Lipinski definition) is 6. The van der Waals surface area contributed by atoms with Crippen molar-refractivity contribution in [2.75, 3.05) is 13.1 Å². The van der Waals surface area contributed by atoms with Gasteiger partial charge in [-0.2, -0.15) is 0 Å². The molecule has 0 bridgehead atoms. The Labute approximate surface area is 210 Å². The number of carbonyl (C=O) groups is 4. The van der Waals surface area contributed by atoms with Crippen molar-refractivity contribution in [1.29, 1.82) is 0 Å². The quantitative estimate of drug-likeness (QED) is 0.225. The average Bonchev–Trinajstić information content (AvgIpc) is 3.50. The molecule has 11 heteroatoms. The van der Waals surface area contributed by atoms with E-state index in [0.717, 1.165) is 16.5 Å². The van der Waals surface area contributed by atoms with E-state index in [0.29, 0.717) is 45.2 Å². The van der Waals surface area contributed by atoms with Gasteiger partial charge in [0.1, 0.15) is 18.1 Å². The van der Waals surface area contributed by atoms with Gasteiger partial charge in [0.2, 0.25) is 17.7 Å². The number of carboxylic acid groups (broad SMARTS) is 1. The zero-order chi connectivity index (χ0) is 26.2. The standard InChI is InChI=1S/C25H36N6O5/c1-15(22(32)30-20(25(35)36)9-4-5-11-26)29-23(33)21-10-6-12-31(21)24(34)18(27)13-16-14-28-19-8-3-2-7-17(16)19/h2-3,7-8,14-15,18,20-21,28H,4-6,9-13,26-27H2,1H3,(H,29,33)(H,30,32)(H,35,36). The van der Waals surface area contributed by atoms with Crippen LogP contribution in [0.3, 0.4) is 0 Å². The Balaban J connectivity index is 1.57. The van der Waals surface area contributed by atoms with Crippen LogP contribution in [0, 0.1) is 0 Å². The molecule has 196 valence electrons. The van der Waals surface area contributed by atoms with Crippen molar-refractivity contribution in [3.63, 3.8) is 0 Å². The Morgan fingerprint density at radius 3 is 2.67 bits per heavy atom. The lowest BCUT2D eigenvalue weighted by Gasteiger charge is -2.28. The predicted octanol–water partition coefficient (Wildman–Crippen LogP) is 0.232. The van der Waals surface area contributed by atoms with E-state index in [2.05, 4.69) is 15.6 Å². The van der Waals surface area contributed by atoms with Crippen LogP contribution in [0.5, 0.6) is 0 Å². The first-order valence-corrected chi connectivity index (χ1v) is 12.4. The first-order chi connectivity index (χ1) is 17.2. The average molecular weight is 501 g/mol. The predicted molar refractivity (Wildman–Crippen MR) is 135 cm³/mol. The maximum absolute atomic E-state index is 13.1.